The van der Waals surface area contributed by atoms with Crippen molar-refractivity contribution in [3.63, 3.8) is 0 Å². The van der Waals surface area contributed by atoms with E-state index in [0.717, 1.165) is 17.5 Å². The number of nitrogens with two attached hydrogens (primary N) is 1. The van der Waals surface area contributed by atoms with Gasteiger partial charge in [-0.05, 0) is 37.1 Å². The Balaban J connectivity index is 0.00000280. The van der Waals surface area contributed by atoms with E-state index in [1.54, 1.807) is 26.0 Å². The molecule has 12 N–H and O–H groups in total. The van der Waals surface area contributed by atoms with Gasteiger partial charge in [0, 0.05) is 0 Å². The molecule has 9 atom stereocenters. The van der Waals surface area contributed by atoms with Crippen molar-refractivity contribution in [1.29, 1.82) is 0 Å². The van der Waals surface area contributed by atoms with Crippen LogP contribution in [0.15, 0.2) is 34.4 Å². The Morgan fingerprint density at radius 2 is 1.61 bits per heavy atom. The molecule has 1 aromatic carbocycles. The van der Waals surface area contributed by atoms with Gasteiger partial charge in [-0.2, -0.15) is 4.98 Å². The number of H-pyrrole nitrogens is 1. The summed E-state index contributed by atoms with van der Waals surface area (Å²) in [6, 6.07) is 3.27. The minimum absolute atomic E-state index is 0. The number of aryl methyl sites for hydroxylation is 2. The van der Waals surface area contributed by atoms with Crippen molar-refractivity contribution >= 4 is 43.7 Å². The van der Waals surface area contributed by atoms with E-state index >= 15 is 0 Å². The van der Waals surface area contributed by atoms with Gasteiger partial charge >= 0.3 is 64.8 Å². The van der Waals surface area contributed by atoms with Crippen LogP contribution in [0.25, 0.3) is 33.7 Å². The molecular formula is C27H35N9Na2O17P2. The Labute approximate surface area is 363 Å². The van der Waals surface area contributed by atoms with Gasteiger partial charge in [-0.1, -0.05) is 0 Å². The summed E-state index contributed by atoms with van der Waals surface area (Å²) in [6.45, 7) is 0.570. The number of nitrogens with zero attached hydrogens (tertiary/aromatic N) is 7. The summed E-state index contributed by atoms with van der Waals surface area (Å²) < 4.78 is 45.7. The summed E-state index contributed by atoms with van der Waals surface area (Å²) in [6.07, 6.45) is -10.3. The minimum Gasteiger partial charge on any atom is -0.756 e. The maximum absolute atomic E-state index is 12.5. The van der Waals surface area contributed by atoms with E-state index < -0.39 is 89.5 Å². The van der Waals surface area contributed by atoms with Crippen LogP contribution in [0, 0.1) is 13.8 Å². The standard InChI is InChI=1S/C27H33N9O15P2.2Na.2H2O/c1-10-3-12-13(4-11(10)2)35(24-18(32-12)25(42)34-27(43)33-24)5-14(37)19(39)15(38)6-48-52(44,45)51-53(46,47)49-7-16-20(40)21(41)26(50-16)36-9-31-17-22(28)29-8-30-23(17)36;;;;/h3-4,8-9,14-16,19-21,26,37-41H,5-7H2,1-2H3,(H,44,45)(H,46,47)(H2,28,29,30)(H,34,42,43);;;2*1H2/q;2*+1;;/p-2/t14-,15+,16+,19-,20+,21+,26+;;;;/m0..../s1. The van der Waals surface area contributed by atoms with Crippen LogP contribution < -0.4 is 85.9 Å². The Bertz CT molecular complexity index is 2370. The molecule has 2 aromatic heterocycles. The Kier molecular flexibility index (Phi) is 17.8. The Morgan fingerprint density at radius 1 is 0.965 bits per heavy atom. The predicted molar refractivity (Wildman–Crippen MR) is 180 cm³/mol. The van der Waals surface area contributed by atoms with Crippen LogP contribution >= 0.6 is 15.6 Å². The topological polar surface area (TPSA) is 432 Å². The van der Waals surface area contributed by atoms with E-state index in [-0.39, 0.29) is 110 Å². The number of phosphoric ester groups is 2. The van der Waals surface area contributed by atoms with Gasteiger partial charge in [0.15, 0.2) is 29.2 Å². The number of aromatic amines is 1. The number of hydrogen-bond acceptors (Lipinski definition) is 21. The molecule has 0 radical (unpaired) electrons. The molecule has 6 rings (SSSR count). The van der Waals surface area contributed by atoms with E-state index in [1.807, 2.05) is 4.98 Å². The molecule has 0 saturated carbocycles. The van der Waals surface area contributed by atoms with E-state index in [2.05, 4.69) is 38.3 Å². The number of aromatic nitrogens is 8. The molecule has 0 spiro atoms. The minimum atomic E-state index is -5.85. The number of rotatable bonds is 13. The summed E-state index contributed by atoms with van der Waals surface area (Å²) in [5.41, 5.74) is 5.97. The average molecular weight is 866 g/mol. The van der Waals surface area contributed by atoms with E-state index in [9.17, 15) is 54.0 Å². The third-order valence-corrected chi connectivity index (χ3v) is 10.9. The first-order chi connectivity index (χ1) is 24.9. The summed E-state index contributed by atoms with van der Waals surface area (Å²) in [5, 5.41) is 52.9. The first-order valence-electron chi connectivity index (χ1n) is 15.4. The summed E-state index contributed by atoms with van der Waals surface area (Å²) in [7, 11) is -11.6. The molecule has 5 heterocycles. The second-order valence-corrected chi connectivity index (χ2v) is 15.0. The van der Waals surface area contributed by atoms with Crippen molar-refractivity contribution in [2.24, 2.45) is 0 Å². The zero-order chi connectivity index (χ0) is 38.6. The number of anilines is 1. The van der Waals surface area contributed by atoms with Gasteiger partial charge in [0.2, 0.25) is 0 Å². The van der Waals surface area contributed by atoms with Crippen molar-refractivity contribution in [2.75, 3.05) is 18.9 Å². The predicted octanol–water partition coefficient (Wildman–Crippen LogP) is -11.3. The van der Waals surface area contributed by atoms with Crippen molar-refractivity contribution in [1.82, 2.24) is 39.0 Å². The Hall–Kier alpha value is -2.21. The number of imidazole rings is 1. The van der Waals surface area contributed by atoms with Crippen molar-refractivity contribution in [3.05, 3.63) is 56.8 Å². The van der Waals surface area contributed by atoms with Gasteiger partial charge in [0.1, 0.15) is 48.5 Å². The first-order valence-corrected chi connectivity index (χ1v) is 18.3. The molecule has 57 heavy (non-hydrogen) atoms. The second kappa shape index (κ2) is 19.9. The van der Waals surface area contributed by atoms with Gasteiger partial charge in [0.05, 0.1) is 37.1 Å². The molecule has 0 aliphatic carbocycles. The van der Waals surface area contributed by atoms with Crippen molar-refractivity contribution in [3.8, 4) is 11.5 Å². The fourth-order valence-electron chi connectivity index (χ4n) is 5.54. The van der Waals surface area contributed by atoms with Gasteiger partial charge in [-0.25, -0.2) is 29.0 Å². The van der Waals surface area contributed by atoms with Crippen LogP contribution in [0.2, 0.25) is 0 Å². The third-order valence-electron chi connectivity index (χ3n) is 8.38. The van der Waals surface area contributed by atoms with E-state index in [0.29, 0.717) is 0 Å². The van der Waals surface area contributed by atoms with Crippen LogP contribution in [0.3, 0.4) is 0 Å². The number of aliphatic hydroxyl groups excluding tert-OH is 5. The third kappa shape index (κ3) is 10.9. The SMILES string of the molecule is Cc1cc2nc3c(=O)[nH]c(=O)nc-3n(C[C@H](O)[C@H](O)[C@H](O)COP(=O)([O-])OP(=O)([O-])OC[C@H]3O[C@@H](n4cnc5c(N)ncnc54)[C@H](O)[C@@H]3O)c2cc1C.O.O.[Na+].[Na+]. The summed E-state index contributed by atoms with van der Waals surface area (Å²) >= 11 is 0. The molecule has 3 aliphatic rings. The molecule has 3 aromatic rings. The number of benzene rings is 1. The van der Waals surface area contributed by atoms with E-state index in [1.165, 1.54) is 15.5 Å². The smallest absolute Gasteiger partial charge is 0.756 e. The number of aliphatic hydroxyl groups is 5. The molecule has 1 fully saturated rings. The summed E-state index contributed by atoms with van der Waals surface area (Å²) in [5.74, 6) is -0.243. The number of phosphoric acid groups is 2. The molecule has 3 aliphatic heterocycles. The van der Waals surface area contributed by atoms with Gasteiger partial charge in [-0.15, -0.1) is 0 Å². The van der Waals surface area contributed by atoms with Gasteiger partial charge in [0.25, 0.3) is 21.2 Å². The van der Waals surface area contributed by atoms with Crippen LogP contribution in [-0.2, 0) is 33.8 Å². The molecule has 302 valence electrons. The monoisotopic (exact) mass is 865 g/mol. The van der Waals surface area contributed by atoms with Crippen molar-refractivity contribution in [2.45, 2.75) is 63.2 Å². The maximum atomic E-state index is 12.5. The molecule has 30 heteroatoms. The fourth-order valence-corrected chi connectivity index (χ4v) is 7.56. The number of nitrogen functional groups attached to an aromatic ring is 1. The molecule has 1 saturated heterocycles. The van der Waals surface area contributed by atoms with Gasteiger partial charge < -0.3 is 70.4 Å². The van der Waals surface area contributed by atoms with E-state index in [4.69, 9.17) is 10.5 Å². The largest absolute Gasteiger partial charge is 1.00 e. The number of fused-ring (bicyclic) bond motifs is 3. The second-order valence-electron chi connectivity index (χ2n) is 12.0. The number of nitrogens with one attached hydrogen (secondary N) is 1. The average Bonchev–Trinajstić information content (AvgIpc) is 3.63. The van der Waals surface area contributed by atoms with Crippen LogP contribution in [-0.4, -0.2) is 125 Å². The first kappa shape index (κ1) is 50.9. The quantitative estimate of drug-likeness (QED) is 0.0328. The fraction of sp³-hybridized carbons (Fsp3) is 0.444. The molecule has 0 bridgehead atoms. The van der Waals surface area contributed by atoms with Crippen LogP contribution in [0.1, 0.15) is 17.4 Å². The van der Waals surface area contributed by atoms with Gasteiger partial charge in [-0.3, -0.25) is 23.5 Å². The molecule has 0 amide bonds. The number of ether oxygens (including phenoxy) is 1. The van der Waals surface area contributed by atoms with Crippen LogP contribution in [0.5, 0.6) is 0 Å². The normalized spacial score (nSPS) is 21.6. The maximum Gasteiger partial charge on any atom is 1.00 e. The van der Waals surface area contributed by atoms with Crippen LogP contribution in [0.4, 0.5) is 5.82 Å². The molecular weight excluding hydrogens is 830 g/mol. The number of hydrogen-bond donors (Lipinski definition) is 7. The summed E-state index contributed by atoms with van der Waals surface area (Å²) in [4.78, 5) is 71.1. The Morgan fingerprint density at radius 3 is 2.30 bits per heavy atom. The van der Waals surface area contributed by atoms with Crippen molar-refractivity contribution < 1.29 is 133 Å². The molecule has 26 nitrogen and oxygen atoms in total. The zero-order valence-electron chi connectivity index (χ0n) is 30.4. The zero-order valence-corrected chi connectivity index (χ0v) is 36.2. The molecule has 2 unspecified atom stereocenters.